The van der Waals surface area contributed by atoms with Crippen LogP contribution < -0.4 is 10.0 Å². The van der Waals surface area contributed by atoms with Gasteiger partial charge in [0.25, 0.3) is 5.91 Å². The van der Waals surface area contributed by atoms with Gasteiger partial charge in [0.1, 0.15) is 0 Å². The Morgan fingerprint density at radius 1 is 1.03 bits per heavy atom. The number of likely N-dealkylation sites (tertiary alicyclic amines) is 1. The van der Waals surface area contributed by atoms with E-state index < -0.39 is 10.0 Å². The second-order valence-corrected chi connectivity index (χ2v) is 9.51. The van der Waals surface area contributed by atoms with Crippen LogP contribution in [0.25, 0.3) is 0 Å². The maximum Gasteiger partial charge on any atom is 0.251 e. The summed E-state index contributed by atoms with van der Waals surface area (Å²) in [6, 6.07) is 15.4. The summed E-state index contributed by atoms with van der Waals surface area (Å²) in [6.07, 6.45) is 4.97. The summed E-state index contributed by atoms with van der Waals surface area (Å²) in [5, 5.41) is 2.90. The first kappa shape index (κ1) is 21.3. The van der Waals surface area contributed by atoms with Crippen LogP contribution in [0.5, 0.6) is 0 Å². The highest BCUT2D eigenvalue weighted by Crippen LogP contribution is 2.19. The molecule has 1 atom stereocenters. The van der Waals surface area contributed by atoms with Crippen molar-refractivity contribution in [1.29, 1.82) is 0 Å². The minimum absolute atomic E-state index is 0.192. The number of carbonyl (C=O) groups is 1. The predicted molar refractivity (Wildman–Crippen MR) is 116 cm³/mol. The molecule has 2 aromatic carbocycles. The quantitative estimate of drug-likeness (QED) is 0.727. The van der Waals surface area contributed by atoms with E-state index in [1.54, 1.807) is 24.3 Å². The number of benzene rings is 2. The minimum Gasteiger partial charge on any atom is -0.348 e. The Balaban J connectivity index is 1.51. The van der Waals surface area contributed by atoms with Gasteiger partial charge in [-0.1, -0.05) is 30.7 Å². The molecule has 1 heterocycles. The number of anilines is 1. The van der Waals surface area contributed by atoms with Gasteiger partial charge in [0, 0.05) is 30.4 Å². The first-order valence-electron chi connectivity index (χ1n) is 9.98. The lowest BCUT2D eigenvalue weighted by molar-refractivity contribution is 0.0951. The highest BCUT2D eigenvalue weighted by molar-refractivity contribution is 7.92. The number of sulfonamides is 1. The number of nitrogens with zero attached hydrogens (tertiary/aromatic N) is 1. The van der Waals surface area contributed by atoms with Crippen LogP contribution in [0, 0.1) is 0 Å². The molecule has 1 unspecified atom stereocenters. The van der Waals surface area contributed by atoms with Gasteiger partial charge in [-0.25, -0.2) is 8.42 Å². The van der Waals surface area contributed by atoms with Crippen LogP contribution in [0.15, 0.2) is 48.5 Å². The summed E-state index contributed by atoms with van der Waals surface area (Å²) < 4.78 is 24.9. The molecule has 0 bridgehead atoms. The normalized spacial score (nSPS) is 17.7. The van der Waals surface area contributed by atoms with Gasteiger partial charge in [-0.2, -0.15) is 0 Å². The van der Waals surface area contributed by atoms with Gasteiger partial charge in [0.05, 0.1) is 6.26 Å². The Labute approximate surface area is 173 Å². The van der Waals surface area contributed by atoms with Crippen molar-refractivity contribution >= 4 is 21.6 Å². The van der Waals surface area contributed by atoms with E-state index in [1.807, 2.05) is 0 Å². The third kappa shape index (κ3) is 6.58. The smallest absolute Gasteiger partial charge is 0.251 e. The molecule has 6 nitrogen and oxygen atoms in total. The second-order valence-electron chi connectivity index (χ2n) is 7.77. The van der Waals surface area contributed by atoms with Crippen LogP contribution in [0.4, 0.5) is 5.69 Å². The Hall–Kier alpha value is -2.38. The van der Waals surface area contributed by atoms with E-state index in [2.05, 4.69) is 46.1 Å². The Bertz CT molecular complexity index is 925. The number of hydrogen-bond acceptors (Lipinski definition) is 4. The lowest BCUT2D eigenvalue weighted by Crippen LogP contribution is -2.36. The van der Waals surface area contributed by atoms with Crippen molar-refractivity contribution in [3.63, 3.8) is 0 Å². The summed E-state index contributed by atoms with van der Waals surface area (Å²) in [5.41, 5.74) is 3.26. The van der Waals surface area contributed by atoms with Gasteiger partial charge in [0.15, 0.2) is 0 Å². The fourth-order valence-electron chi connectivity index (χ4n) is 3.58. The van der Waals surface area contributed by atoms with Gasteiger partial charge in [-0.05, 0) is 61.7 Å². The largest absolute Gasteiger partial charge is 0.348 e. The van der Waals surface area contributed by atoms with Crippen molar-refractivity contribution in [3.05, 3.63) is 65.2 Å². The van der Waals surface area contributed by atoms with E-state index in [-0.39, 0.29) is 5.91 Å². The van der Waals surface area contributed by atoms with Crippen LogP contribution in [0.3, 0.4) is 0 Å². The zero-order chi connectivity index (χ0) is 20.9. The van der Waals surface area contributed by atoms with Crippen LogP contribution in [-0.2, 0) is 23.1 Å². The van der Waals surface area contributed by atoms with Gasteiger partial charge >= 0.3 is 0 Å². The second kappa shape index (κ2) is 9.41. The first-order chi connectivity index (χ1) is 13.8. The lowest BCUT2D eigenvalue weighted by atomic mass is 10.0. The van der Waals surface area contributed by atoms with Crippen LogP contribution in [-0.4, -0.2) is 38.1 Å². The lowest BCUT2D eigenvalue weighted by Gasteiger charge is -2.33. The van der Waals surface area contributed by atoms with Crippen LogP contribution in [0.1, 0.15) is 47.7 Å². The zero-order valence-corrected chi connectivity index (χ0v) is 17.8. The molecule has 0 spiro atoms. The van der Waals surface area contributed by atoms with Crippen molar-refractivity contribution in [3.8, 4) is 0 Å². The van der Waals surface area contributed by atoms with E-state index in [0.29, 0.717) is 23.8 Å². The fraction of sp³-hybridized carbons (Fsp3) is 0.409. The topological polar surface area (TPSA) is 78.5 Å². The molecule has 0 aliphatic carbocycles. The molecule has 156 valence electrons. The third-order valence-corrected chi connectivity index (χ3v) is 5.86. The van der Waals surface area contributed by atoms with Gasteiger partial charge < -0.3 is 5.32 Å². The zero-order valence-electron chi connectivity index (χ0n) is 17.0. The van der Waals surface area contributed by atoms with Gasteiger partial charge in [-0.15, -0.1) is 0 Å². The Morgan fingerprint density at radius 3 is 2.31 bits per heavy atom. The number of rotatable bonds is 7. The number of piperidine rings is 1. The molecule has 0 aromatic heterocycles. The molecule has 1 saturated heterocycles. The van der Waals surface area contributed by atoms with Gasteiger partial charge in [-0.3, -0.25) is 14.4 Å². The minimum atomic E-state index is -3.33. The molecule has 29 heavy (non-hydrogen) atoms. The average molecular weight is 416 g/mol. The van der Waals surface area contributed by atoms with Gasteiger partial charge in [0.2, 0.25) is 10.0 Å². The standard InChI is InChI=1S/C22H29N3O3S/c1-17-5-3-4-14-25(17)16-19-8-6-18(7-9-19)15-23-22(26)20-10-12-21(13-11-20)24-29(2,27)28/h6-13,17,24H,3-5,14-16H2,1-2H3,(H,23,26). The highest BCUT2D eigenvalue weighted by Gasteiger charge is 2.18. The van der Waals surface area contributed by atoms with E-state index in [1.165, 1.54) is 24.8 Å². The summed E-state index contributed by atoms with van der Waals surface area (Å²) in [4.78, 5) is 14.9. The van der Waals surface area contributed by atoms with Crippen molar-refractivity contribution in [2.24, 2.45) is 0 Å². The molecule has 1 amide bonds. The Morgan fingerprint density at radius 2 is 1.69 bits per heavy atom. The van der Waals surface area contributed by atoms with E-state index in [9.17, 15) is 13.2 Å². The molecule has 3 rings (SSSR count). The summed E-state index contributed by atoms with van der Waals surface area (Å²) >= 11 is 0. The molecule has 1 fully saturated rings. The molecule has 1 aliphatic rings. The average Bonchev–Trinajstić information content (AvgIpc) is 2.68. The number of carbonyl (C=O) groups excluding carboxylic acids is 1. The Kier molecular flexibility index (Phi) is 6.92. The maximum absolute atomic E-state index is 12.3. The van der Waals surface area contributed by atoms with Crippen LogP contribution in [0.2, 0.25) is 0 Å². The monoisotopic (exact) mass is 415 g/mol. The molecule has 0 radical (unpaired) electrons. The summed E-state index contributed by atoms with van der Waals surface area (Å²) in [6.45, 7) is 4.88. The number of hydrogen-bond donors (Lipinski definition) is 2. The van der Waals surface area contributed by atoms with E-state index in [0.717, 1.165) is 24.9 Å². The highest BCUT2D eigenvalue weighted by atomic mass is 32.2. The molecule has 2 aromatic rings. The molecular formula is C22H29N3O3S. The third-order valence-electron chi connectivity index (χ3n) is 5.25. The van der Waals surface area contributed by atoms with Crippen molar-refractivity contribution in [1.82, 2.24) is 10.2 Å². The SMILES string of the molecule is CC1CCCCN1Cc1ccc(CNC(=O)c2ccc(NS(C)(=O)=O)cc2)cc1. The van der Waals surface area contributed by atoms with E-state index >= 15 is 0 Å². The molecule has 7 heteroatoms. The van der Waals surface area contributed by atoms with Crippen molar-refractivity contribution in [2.75, 3.05) is 17.5 Å². The summed E-state index contributed by atoms with van der Waals surface area (Å²) in [5.74, 6) is -0.192. The predicted octanol–water partition coefficient (Wildman–Crippen LogP) is 3.36. The maximum atomic E-state index is 12.3. The fourth-order valence-corrected chi connectivity index (χ4v) is 4.14. The number of amides is 1. The van der Waals surface area contributed by atoms with Crippen molar-refractivity contribution in [2.45, 2.75) is 45.3 Å². The molecule has 0 saturated carbocycles. The molecule has 2 N–H and O–H groups in total. The van der Waals surface area contributed by atoms with E-state index in [4.69, 9.17) is 0 Å². The van der Waals surface area contributed by atoms with Crippen LogP contribution >= 0.6 is 0 Å². The van der Waals surface area contributed by atoms with Crippen molar-refractivity contribution < 1.29 is 13.2 Å². The molecule has 1 aliphatic heterocycles. The first-order valence-corrected chi connectivity index (χ1v) is 11.9. The number of nitrogens with one attached hydrogen (secondary N) is 2. The summed E-state index contributed by atoms with van der Waals surface area (Å²) in [7, 11) is -3.33. The molecular weight excluding hydrogens is 386 g/mol.